The van der Waals surface area contributed by atoms with Crippen molar-refractivity contribution < 1.29 is 36.6 Å². The molecular formula is C36H37F5N2O3. The molecule has 244 valence electrons. The first-order valence-electron chi connectivity index (χ1n) is 15.8. The number of halogens is 5. The highest BCUT2D eigenvalue weighted by atomic mass is 19.4. The predicted octanol–water partition coefficient (Wildman–Crippen LogP) is 8.35. The zero-order valence-corrected chi connectivity index (χ0v) is 25.5. The van der Waals surface area contributed by atoms with Gasteiger partial charge in [-0.15, -0.1) is 0 Å². The SMILES string of the molecule is C[C@]12C[C@H](c3ccc(/C=C/CNC(=O)Nc4ccccc4)cc3)C3=C4CCC(=O)C=C4CCC3C1CC[C@@]2(O)C(F)(F)C(F)(F)F. The molecule has 0 radical (unpaired) electrons. The highest BCUT2D eigenvalue weighted by Gasteiger charge is 2.79. The summed E-state index contributed by atoms with van der Waals surface area (Å²) in [6, 6.07) is 16.1. The summed E-state index contributed by atoms with van der Waals surface area (Å²) in [5.74, 6) is -6.53. The van der Waals surface area contributed by atoms with Gasteiger partial charge in [0.1, 0.15) is 5.60 Å². The van der Waals surface area contributed by atoms with Gasteiger partial charge in [0.15, 0.2) is 5.78 Å². The standard InChI is InChI=1S/C36H37F5N2O3/c1-33-21-29(23-11-9-22(10-12-23)6-5-19-42-32(45)43-25-7-3-2-4-8-25)31-27-16-14-26(44)20-24(27)13-15-28(31)30(33)17-18-34(33,46)35(37,38)36(39,40)41/h2-12,20,28-30,46H,13-19,21H2,1H3,(H2,42,43,45)/b6-5+/t28?,29-,30?,33+,34+/m1/s1. The van der Waals surface area contributed by atoms with E-state index >= 15 is 8.78 Å². The normalized spacial score (nSPS) is 29.6. The topological polar surface area (TPSA) is 78.4 Å². The number of carbonyl (C=O) groups is 2. The number of ketones is 1. The maximum atomic E-state index is 15.2. The van der Waals surface area contributed by atoms with Crippen molar-refractivity contribution in [3.63, 3.8) is 0 Å². The number of carbonyl (C=O) groups excluding carboxylic acids is 2. The molecule has 2 aromatic carbocycles. The summed E-state index contributed by atoms with van der Waals surface area (Å²) in [7, 11) is 0. The van der Waals surface area contributed by atoms with Crippen molar-refractivity contribution in [2.75, 3.05) is 11.9 Å². The minimum Gasteiger partial charge on any atom is -0.383 e. The molecule has 4 aliphatic carbocycles. The van der Waals surface area contributed by atoms with Gasteiger partial charge in [0, 0.05) is 30.0 Å². The average molecular weight is 641 g/mol. The molecule has 2 amide bonds. The second kappa shape index (κ2) is 11.8. The zero-order chi connectivity index (χ0) is 32.9. The molecular weight excluding hydrogens is 603 g/mol. The Labute approximate surface area is 264 Å². The molecule has 3 N–H and O–H groups in total. The molecule has 6 rings (SSSR count). The van der Waals surface area contributed by atoms with E-state index in [1.165, 1.54) is 6.92 Å². The van der Waals surface area contributed by atoms with Crippen LogP contribution in [-0.4, -0.2) is 41.2 Å². The Morgan fingerprint density at radius 3 is 2.41 bits per heavy atom. The van der Waals surface area contributed by atoms with E-state index in [0.717, 1.165) is 27.8 Å². The molecule has 0 saturated heterocycles. The van der Waals surface area contributed by atoms with Gasteiger partial charge in [0.2, 0.25) is 0 Å². The molecule has 10 heteroatoms. The molecule has 0 heterocycles. The van der Waals surface area contributed by atoms with Crippen molar-refractivity contribution in [2.45, 2.75) is 75.5 Å². The largest absolute Gasteiger partial charge is 0.456 e. The maximum absolute atomic E-state index is 15.2. The van der Waals surface area contributed by atoms with Gasteiger partial charge in [-0.05, 0) is 90.8 Å². The van der Waals surface area contributed by atoms with Crippen LogP contribution in [0.2, 0.25) is 0 Å². The van der Waals surface area contributed by atoms with E-state index in [1.54, 1.807) is 24.3 Å². The molecule has 2 fully saturated rings. The van der Waals surface area contributed by atoms with E-state index in [2.05, 4.69) is 10.6 Å². The van der Waals surface area contributed by atoms with Crippen LogP contribution in [0.3, 0.4) is 0 Å². The number of anilines is 1. The lowest BCUT2D eigenvalue weighted by molar-refractivity contribution is -0.362. The lowest BCUT2D eigenvalue weighted by Crippen LogP contribution is -2.65. The minimum absolute atomic E-state index is 0.0400. The first kappa shape index (κ1) is 32.2. The number of allylic oxidation sites excluding steroid dienone is 4. The highest BCUT2D eigenvalue weighted by molar-refractivity contribution is 5.93. The van der Waals surface area contributed by atoms with E-state index in [9.17, 15) is 27.9 Å². The number of fused-ring (bicyclic) bond motifs is 4. The number of para-hydroxylation sites is 1. The number of aliphatic hydroxyl groups is 1. The number of urea groups is 1. The molecule has 0 aromatic heterocycles. The van der Waals surface area contributed by atoms with Gasteiger partial charge in [-0.1, -0.05) is 67.1 Å². The van der Waals surface area contributed by atoms with Crippen molar-refractivity contribution in [3.8, 4) is 0 Å². The van der Waals surface area contributed by atoms with Gasteiger partial charge in [0.25, 0.3) is 0 Å². The van der Waals surface area contributed by atoms with Crippen LogP contribution in [-0.2, 0) is 4.79 Å². The minimum atomic E-state index is -5.88. The van der Waals surface area contributed by atoms with E-state index in [4.69, 9.17) is 0 Å². The van der Waals surface area contributed by atoms with Crippen LogP contribution < -0.4 is 10.6 Å². The third-order valence-electron chi connectivity index (χ3n) is 10.8. The average Bonchev–Trinajstić information content (AvgIpc) is 3.30. The summed E-state index contributed by atoms with van der Waals surface area (Å²) in [6.45, 7) is 1.69. The molecule has 0 aliphatic heterocycles. The first-order valence-corrected chi connectivity index (χ1v) is 15.8. The molecule has 4 aliphatic rings. The third-order valence-corrected chi connectivity index (χ3v) is 10.8. The van der Waals surface area contributed by atoms with Crippen LogP contribution >= 0.6 is 0 Å². The molecule has 2 unspecified atom stereocenters. The highest BCUT2D eigenvalue weighted by Crippen LogP contribution is 2.70. The van der Waals surface area contributed by atoms with Crippen LogP contribution in [0.15, 0.2) is 83.5 Å². The van der Waals surface area contributed by atoms with Gasteiger partial charge < -0.3 is 15.7 Å². The van der Waals surface area contributed by atoms with Crippen molar-refractivity contribution in [3.05, 3.63) is 94.6 Å². The molecule has 5 atom stereocenters. The summed E-state index contributed by atoms with van der Waals surface area (Å²) in [6.07, 6.45) is 0.713. The van der Waals surface area contributed by atoms with Gasteiger partial charge in [0.05, 0.1) is 0 Å². The Morgan fingerprint density at radius 2 is 1.72 bits per heavy atom. The van der Waals surface area contributed by atoms with Crippen LogP contribution in [0.25, 0.3) is 6.08 Å². The number of amides is 2. The summed E-state index contributed by atoms with van der Waals surface area (Å²) >= 11 is 0. The third kappa shape index (κ3) is 5.38. The molecule has 46 heavy (non-hydrogen) atoms. The van der Waals surface area contributed by atoms with Gasteiger partial charge in [-0.2, -0.15) is 22.0 Å². The van der Waals surface area contributed by atoms with E-state index in [1.807, 2.05) is 48.5 Å². The Hall–Kier alpha value is -3.79. The lowest BCUT2D eigenvalue weighted by Gasteiger charge is -2.56. The zero-order valence-electron chi connectivity index (χ0n) is 25.5. The Morgan fingerprint density at radius 1 is 1.00 bits per heavy atom. The van der Waals surface area contributed by atoms with Crippen molar-refractivity contribution in [2.24, 2.45) is 17.3 Å². The summed E-state index contributed by atoms with van der Waals surface area (Å²) in [5.41, 5.74) is 0.325. The number of hydrogen-bond acceptors (Lipinski definition) is 3. The molecule has 2 aromatic rings. The molecule has 5 nitrogen and oxygen atoms in total. The Kier molecular flexibility index (Phi) is 8.24. The number of alkyl halides is 5. The molecule has 0 spiro atoms. The Balaban J connectivity index is 1.28. The number of hydrogen-bond donors (Lipinski definition) is 3. The van der Waals surface area contributed by atoms with Crippen molar-refractivity contribution in [1.29, 1.82) is 0 Å². The van der Waals surface area contributed by atoms with Crippen LogP contribution in [0.5, 0.6) is 0 Å². The fourth-order valence-electron chi connectivity index (χ4n) is 8.60. The first-order chi connectivity index (χ1) is 21.7. The van der Waals surface area contributed by atoms with E-state index in [-0.39, 0.29) is 37.1 Å². The summed E-state index contributed by atoms with van der Waals surface area (Å²) in [5, 5.41) is 16.9. The smallest absolute Gasteiger partial charge is 0.383 e. The van der Waals surface area contributed by atoms with E-state index in [0.29, 0.717) is 31.4 Å². The van der Waals surface area contributed by atoms with Crippen LogP contribution in [0, 0.1) is 17.3 Å². The lowest BCUT2D eigenvalue weighted by atomic mass is 9.50. The number of benzene rings is 2. The quantitative estimate of drug-likeness (QED) is 0.278. The summed E-state index contributed by atoms with van der Waals surface area (Å²) in [4.78, 5) is 24.4. The molecule has 2 saturated carbocycles. The second-order valence-electron chi connectivity index (χ2n) is 13.2. The van der Waals surface area contributed by atoms with Gasteiger partial charge in [-0.25, -0.2) is 4.79 Å². The van der Waals surface area contributed by atoms with Crippen molar-refractivity contribution >= 4 is 23.6 Å². The fourth-order valence-corrected chi connectivity index (χ4v) is 8.60. The Bertz CT molecular complexity index is 1600. The van der Waals surface area contributed by atoms with Crippen LogP contribution in [0.4, 0.5) is 32.4 Å². The van der Waals surface area contributed by atoms with Crippen molar-refractivity contribution in [1.82, 2.24) is 5.32 Å². The fraction of sp³-hybridized carbons (Fsp3) is 0.444. The summed E-state index contributed by atoms with van der Waals surface area (Å²) < 4.78 is 71.8. The van der Waals surface area contributed by atoms with Gasteiger partial charge >= 0.3 is 18.1 Å². The molecule has 0 bridgehead atoms. The van der Waals surface area contributed by atoms with E-state index < -0.39 is 41.4 Å². The van der Waals surface area contributed by atoms with Gasteiger partial charge in [-0.3, -0.25) is 4.79 Å². The van der Waals surface area contributed by atoms with Crippen LogP contribution in [0.1, 0.15) is 68.9 Å². The number of rotatable bonds is 6. The maximum Gasteiger partial charge on any atom is 0.456 e. The predicted molar refractivity (Wildman–Crippen MR) is 165 cm³/mol. The number of nitrogens with one attached hydrogen (secondary N) is 2. The monoisotopic (exact) mass is 640 g/mol. The second-order valence-corrected chi connectivity index (χ2v) is 13.2.